The number of nitrogens with zero attached hydrogens (tertiary/aromatic N) is 3. The van der Waals surface area contributed by atoms with E-state index in [1.165, 1.54) is 19.1 Å². The molecule has 33 heavy (non-hydrogen) atoms. The molecule has 1 fully saturated rings. The Labute approximate surface area is 191 Å². The molecule has 1 N–H and O–H groups in total. The van der Waals surface area contributed by atoms with Crippen molar-refractivity contribution in [3.63, 3.8) is 0 Å². The minimum atomic E-state index is -0.721. The molecule has 1 aliphatic rings. The quantitative estimate of drug-likeness (QED) is 0.323. The van der Waals surface area contributed by atoms with Gasteiger partial charge in [0.05, 0.1) is 37.7 Å². The summed E-state index contributed by atoms with van der Waals surface area (Å²) in [6, 6.07) is 13.4. The van der Waals surface area contributed by atoms with E-state index in [2.05, 4.69) is 4.98 Å². The van der Waals surface area contributed by atoms with Crippen LogP contribution in [0, 0.1) is 0 Å². The number of imidazole rings is 1. The highest BCUT2D eigenvalue weighted by Crippen LogP contribution is 2.41. The molecular weight excluding hydrogens is 422 g/mol. The molecule has 8 nitrogen and oxygen atoms in total. The second-order valence-corrected chi connectivity index (χ2v) is 7.62. The van der Waals surface area contributed by atoms with Gasteiger partial charge in [-0.3, -0.25) is 9.59 Å². The van der Waals surface area contributed by atoms with Crippen molar-refractivity contribution < 1.29 is 24.2 Å². The lowest BCUT2D eigenvalue weighted by molar-refractivity contribution is -0.139. The van der Waals surface area contributed by atoms with Crippen LogP contribution in [0.4, 0.5) is 0 Å². The SMILES string of the molecule is COc1ccc(/C(O)=C2\C(=O)C(=O)N(CCCn3ccnc3)[C@@H]2c2ccccc2)c(OC)c1. The molecule has 2 heterocycles. The van der Waals surface area contributed by atoms with Crippen LogP contribution in [0.1, 0.15) is 23.6 Å². The number of aliphatic hydroxyl groups excluding tert-OH is 1. The van der Waals surface area contributed by atoms with Crippen molar-refractivity contribution in [2.75, 3.05) is 20.8 Å². The maximum absolute atomic E-state index is 13.1. The number of ketones is 1. The van der Waals surface area contributed by atoms with Gasteiger partial charge in [0.25, 0.3) is 11.7 Å². The van der Waals surface area contributed by atoms with Gasteiger partial charge in [-0.1, -0.05) is 30.3 Å². The van der Waals surface area contributed by atoms with Crippen molar-refractivity contribution in [3.05, 3.63) is 84.0 Å². The van der Waals surface area contributed by atoms with Crippen LogP contribution in [0.25, 0.3) is 5.76 Å². The first kappa shape index (κ1) is 22.1. The van der Waals surface area contributed by atoms with Gasteiger partial charge < -0.3 is 24.0 Å². The average molecular weight is 447 g/mol. The predicted octanol–water partition coefficient (Wildman–Crippen LogP) is 3.41. The van der Waals surface area contributed by atoms with Gasteiger partial charge in [0.1, 0.15) is 17.3 Å². The van der Waals surface area contributed by atoms with Gasteiger partial charge in [0.2, 0.25) is 0 Å². The van der Waals surface area contributed by atoms with Gasteiger partial charge in [0, 0.05) is 31.5 Å². The molecule has 1 aromatic heterocycles. The molecule has 0 radical (unpaired) electrons. The molecule has 3 aromatic rings. The topological polar surface area (TPSA) is 93.9 Å². The van der Waals surface area contributed by atoms with Crippen molar-refractivity contribution in [1.29, 1.82) is 0 Å². The van der Waals surface area contributed by atoms with Crippen LogP contribution in [-0.2, 0) is 16.1 Å². The molecule has 2 aromatic carbocycles. The van der Waals surface area contributed by atoms with Crippen LogP contribution < -0.4 is 9.47 Å². The summed E-state index contributed by atoms with van der Waals surface area (Å²) in [6.07, 6.45) is 5.87. The molecule has 0 saturated carbocycles. The zero-order valence-corrected chi connectivity index (χ0v) is 18.5. The average Bonchev–Trinajstić information content (AvgIpc) is 3.46. The Kier molecular flexibility index (Phi) is 6.44. The van der Waals surface area contributed by atoms with E-state index in [1.807, 2.05) is 41.1 Å². The molecular formula is C25H25N3O5. The Morgan fingerprint density at radius 2 is 1.85 bits per heavy atom. The Morgan fingerprint density at radius 1 is 1.06 bits per heavy atom. The largest absolute Gasteiger partial charge is 0.507 e. The summed E-state index contributed by atoms with van der Waals surface area (Å²) < 4.78 is 12.5. The fraction of sp³-hybridized carbons (Fsp3) is 0.240. The minimum Gasteiger partial charge on any atom is -0.507 e. The smallest absolute Gasteiger partial charge is 0.295 e. The lowest BCUT2D eigenvalue weighted by atomic mass is 9.95. The number of likely N-dealkylation sites (tertiary alicyclic amines) is 1. The van der Waals surface area contributed by atoms with Crippen molar-refractivity contribution >= 4 is 17.4 Å². The van der Waals surface area contributed by atoms with E-state index in [9.17, 15) is 14.7 Å². The molecule has 1 saturated heterocycles. The number of aromatic nitrogens is 2. The zero-order chi connectivity index (χ0) is 23.4. The summed E-state index contributed by atoms with van der Waals surface area (Å²) >= 11 is 0. The van der Waals surface area contributed by atoms with Crippen LogP contribution in [0.3, 0.4) is 0 Å². The third-order valence-corrected chi connectivity index (χ3v) is 5.69. The highest BCUT2D eigenvalue weighted by Gasteiger charge is 2.46. The van der Waals surface area contributed by atoms with Gasteiger partial charge >= 0.3 is 0 Å². The minimum absolute atomic E-state index is 0.0392. The van der Waals surface area contributed by atoms with Crippen LogP contribution in [0.2, 0.25) is 0 Å². The van der Waals surface area contributed by atoms with Crippen LogP contribution in [-0.4, -0.2) is 52.0 Å². The van der Waals surface area contributed by atoms with Gasteiger partial charge in [-0.15, -0.1) is 0 Å². The molecule has 1 atom stereocenters. The number of amides is 1. The second-order valence-electron chi connectivity index (χ2n) is 7.62. The lowest BCUT2D eigenvalue weighted by Gasteiger charge is -2.25. The maximum Gasteiger partial charge on any atom is 0.295 e. The number of methoxy groups -OCH3 is 2. The van der Waals surface area contributed by atoms with Crippen LogP contribution in [0.15, 0.2) is 72.8 Å². The predicted molar refractivity (Wildman–Crippen MR) is 122 cm³/mol. The van der Waals surface area contributed by atoms with Gasteiger partial charge in [0.15, 0.2) is 0 Å². The number of rotatable bonds is 8. The Hall–Kier alpha value is -4.07. The summed E-state index contributed by atoms with van der Waals surface area (Å²) in [5.74, 6) is -0.753. The highest BCUT2D eigenvalue weighted by molar-refractivity contribution is 6.46. The highest BCUT2D eigenvalue weighted by atomic mass is 16.5. The summed E-state index contributed by atoms with van der Waals surface area (Å²) in [4.78, 5) is 31.7. The van der Waals surface area contributed by atoms with E-state index >= 15 is 0 Å². The van der Waals surface area contributed by atoms with E-state index in [0.29, 0.717) is 36.6 Å². The third kappa shape index (κ3) is 4.32. The van der Waals surface area contributed by atoms with Crippen molar-refractivity contribution in [3.8, 4) is 11.5 Å². The van der Waals surface area contributed by atoms with E-state index in [1.54, 1.807) is 30.7 Å². The summed E-state index contributed by atoms with van der Waals surface area (Å²) in [6.45, 7) is 0.996. The molecule has 1 aliphatic heterocycles. The number of carbonyl (C=O) groups excluding carboxylic acids is 2. The number of benzene rings is 2. The van der Waals surface area contributed by atoms with Crippen molar-refractivity contribution in [1.82, 2.24) is 14.5 Å². The Morgan fingerprint density at radius 3 is 2.52 bits per heavy atom. The standard InChI is InChI=1S/C25H25N3O5/c1-32-18-9-10-19(20(15-18)33-2)23(29)21-22(17-7-4-3-5-8-17)28(25(31)24(21)30)13-6-12-27-14-11-26-16-27/h3-5,7-11,14-16,22,29H,6,12-13H2,1-2H3/b23-21+/t22-/m1/s1. The molecule has 0 aliphatic carbocycles. The van der Waals surface area contributed by atoms with Gasteiger partial charge in [-0.05, 0) is 24.1 Å². The van der Waals surface area contributed by atoms with E-state index in [4.69, 9.17) is 9.47 Å². The first-order valence-electron chi connectivity index (χ1n) is 10.6. The maximum atomic E-state index is 13.1. The summed E-state index contributed by atoms with van der Waals surface area (Å²) in [5.41, 5.74) is 1.10. The Balaban J connectivity index is 1.75. The number of aryl methyl sites for hydroxylation is 1. The molecule has 170 valence electrons. The zero-order valence-electron chi connectivity index (χ0n) is 18.5. The molecule has 4 rings (SSSR count). The normalized spacial score (nSPS) is 17.4. The molecule has 8 heteroatoms. The Bertz CT molecular complexity index is 1170. The first-order chi connectivity index (χ1) is 16.0. The van der Waals surface area contributed by atoms with Crippen LogP contribution >= 0.6 is 0 Å². The monoisotopic (exact) mass is 447 g/mol. The van der Waals surface area contributed by atoms with Gasteiger partial charge in [-0.25, -0.2) is 4.98 Å². The number of Topliss-reactive ketones (excluding diaryl/α,β-unsaturated/α-hetero) is 1. The number of aliphatic hydroxyl groups is 1. The summed E-state index contributed by atoms with van der Waals surface area (Å²) in [7, 11) is 2.99. The summed E-state index contributed by atoms with van der Waals surface area (Å²) in [5, 5.41) is 11.3. The number of carbonyl (C=O) groups is 2. The van der Waals surface area contributed by atoms with E-state index in [-0.39, 0.29) is 11.3 Å². The lowest BCUT2D eigenvalue weighted by Crippen LogP contribution is -2.31. The van der Waals surface area contributed by atoms with Crippen molar-refractivity contribution in [2.24, 2.45) is 0 Å². The number of hydrogen-bond acceptors (Lipinski definition) is 6. The van der Waals surface area contributed by atoms with Gasteiger partial charge in [-0.2, -0.15) is 0 Å². The van der Waals surface area contributed by atoms with Crippen LogP contribution in [0.5, 0.6) is 11.5 Å². The fourth-order valence-corrected chi connectivity index (χ4v) is 4.07. The van der Waals surface area contributed by atoms with E-state index in [0.717, 1.165) is 5.56 Å². The number of ether oxygens (including phenoxy) is 2. The van der Waals surface area contributed by atoms with Crippen molar-refractivity contribution in [2.45, 2.75) is 19.0 Å². The second kappa shape index (κ2) is 9.60. The van der Waals surface area contributed by atoms with E-state index < -0.39 is 17.7 Å². The third-order valence-electron chi connectivity index (χ3n) is 5.69. The molecule has 0 spiro atoms. The molecule has 0 unspecified atom stereocenters. The number of hydrogen-bond donors (Lipinski definition) is 1. The first-order valence-corrected chi connectivity index (χ1v) is 10.6. The fourth-order valence-electron chi connectivity index (χ4n) is 4.07. The molecule has 0 bridgehead atoms. The molecule has 1 amide bonds.